The van der Waals surface area contributed by atoms with Crippen LogP contribution >= 0.6 is 0 Å². The van der Waals surface area contributed by atoms with E-state index >= 15 is 0 Å². The number of hydrogen-bond donors (Lipinski definition) is 1. The largest absolute Gasteiger partial charge is 0.497 e. The lowest BCUT2D eigenvalue weighted by Gasteiger charge is -2.37. The Hall–Kier alpha value is -2.08. The third kappa shape index (κ3) is 3.35. The highest BCUT2D eigenvalue weighted by Crippen LogP contribution is 2.38. The van der Waals surface area contributed by atoms with Gasteiger partial charge in [-0.15, -0.1) is 0 Å². The number of nitrogens with zero attached hydrogens (tertiary/aromatic N) is 2. The molecule has 0 radical (unpaired) electrons. The number of benzene rings is 1. The fraction of sp³-hybridized carbons (Fsp3) is 0.579. The molecule has 3 amide bonds. The molecule has 1 saturated heterocycles. The van der Waals surface area contributed by atoms with Gasteiger partial charge in [0.05, 0.1) is 13.8 Å². The number of rotatable bonds is 5. The third-order valence-corrected chi connectivity index (χ3v) is 5.50. The smallest absolute Gasteiger partial charge is 0.326 e. The Morgan fingerprint density at radius 2 is 2.00 bits per heavy atom. The second-order valence-electron chi connectivity index (χ2n) is 7.29. The van der Waals surface area contributed by atoms with Gasteiger partial charge in [-0.25, -0.2) is 9.69 Å². The first-order chi connectivity index (χ1) is 12.0. The summed E-state index contributed by atoms with van der Waals surface area (Å²) in [5.41, 5.74) is 0.423. The summed E-state index contributed by atoms with van der Waals surface area (Å²) in [6.45, 7) is 3.02. The zero-order valence-electron chi connectivity index (χ0n) is 15.2. The van der Waals surface area contributed by atoms with Crippen molar-refractivity contribution in [3.8, 4) is 5.75 Å². The topological polar surface area (TPSA) is 61.9 Å². The van der Waals surface area contributed by atoms with Gasteiger partial charge in [-0.1, -0.05) is 31.9 Å². The summed E-state index contributed by atoms with van der Waals surface area (Å²) in [6, 6.07) is 7.54. The summed E-state index contributed by atoms with van der Waals surface area (Å²) in [5.74, 6) is 0.939. The van der Waals surface area contributed by atoms with Crippen molar-refractivity contribution in [1.82, 2.24) is 15.1 Å². The molecule has 3 rings (SSSR count). The molecule has 1 aliphatic heterocycles. The zero-order valence-corrected chi connectivity index (χ0v) is 15.2. The first-order valence-corrected chi connectivity index (χ1v) is 8.92. The number of urea groups is 1. The van der Waals surface area contributed by atoms with E-state index in [-0.39, 0.29) is 17.9 Å². The Kier molecular flexibility index (Phi) is 4.99. The van der Waals surface area contributed by atoms with E-state index in [0.29, 0.717) is 13.2 Å². The summed E-state index contributed by atoms with van der Waals surface area (Å²) >= 11 is 0. The Bertz CT molecular complexity index is 646. The zero-order chi connectivity index (χ0) is 18.0. The van der Waals surface area contributed by atoms with Crippen molar-refractivity contribution in [2.45, 2.75) is 44.7 Å². The maximum Gasteiger partial charge on any atom is 0.326 e. The summed E-state index contributed by atoms with van der Waals surface area (Å²) in [7, 11) is 3.56. The molecule has 1 N–H and O–H groups in total. The third-order valence-electron chi connectivity index (χ3n) is 5.50. The molecule has 1 aliphatic carbocycles. The van der Waals surface area contributed by atoms with Crippen LogP contribution in [0.25, 0.3) is 0 Å². The molecular formula is C19H27N3O3. The lowest BCUT2D eigenvalue weighted by molar-refractivity contribution is -0.135. The van der Waals surface area contributed by atoms with Crippen LogP contribution in [0.2, 0.25) is 0 Å². The van der Waals surface area contributed by atoms with Crippen LogP contribution in [0.4, 0.5) is 4.79 Å². The minimum absolute atomic E-state index is 0.0636. The second-order valence-corrected chi connectivity index (χ2v) is 7.29. The number of carbonyl (C=O) groups excluding carboxylic acids is 2. The number of ether oxygens (including phenoxy) is 1. The predicted molar refractivity (Wildman–Crippen MR) is 95.1 cm³/mol. The van der Waals surface area contributed by atoms with Gasteiger partial charge >= 0.3 is 6.03 Å². The first-order valence-electron chi connectivity index (χ1n) is 8.92. The van der Waals surface area contributed by atoms with Gasteiger partial charge in [0, 0.05) is 6.54 Å². The van der Waals surface area contributed by atoms with E-state index in [2.05, 4.69) is 12.2 Å². The molecule has 1 heterocycles. The van der Waals surface area contributed by atoms with Crippen LogP contribution in [-0.2, 0) is 11.3 Å². The molecule has 1 spiro atoms. The minimum Gasteiger partial charge on any atom is -0.497 e. The van der Waals surface area contributed by atoms with E-state index in [1.54, 1.807) is 7.11 Å². The molecule has 25 heavy (non-hydrogen) atoms. The number of carbonyl (C=O) groups is 2. The Morgan fingerprint density at radius 1 is 1.28 bits per heavy atom. The first kappa shape index (κ1) is 17.7. The quantitative estimate of drug-likeness (QED) is 0.833. The number of methoxy groups -OCH3 is 1. The van der Waals surface area contributed by atoms with Gasteiger partial charge in [0.2, 0.25) is 0 Å². The van der Waals surface area contributed by atoms with E-state index in [1.165, 1.54) is 4.90 Å². The van der Waals surface area contributed by atoms with Crippen molar-refractivity contribution >= 4 is 11.9 Å². The maximum absolute atomic E-state index is 13.0. The average Bonchev–Trinajstić information content (AvgIpc) is 2.83. The molecule has 2 aliphatic rings. The van der Waals surface area contributed by atoms with Crippen molar-refractivity contribution in [2.75, 3.05) is 20.8 Å². The monoisotopic (exact) mass is 345 g/mol. The fourth-order valence-corrected chi connectivity index (χ4v) is 3.96. The highest BCUT2D eigenvalue weighted by atomic mass is 16.5. The normalized spacial score (nSPS) is 26.4. The van der Waals surface area contributed by atoms with Crippen LogP contribution in [0.15, 0.2) is 24.3 Å². The van der Waals surface area contributed by atoms with Crippen molar-refractivity contribution in [3.05, 3.63) is 29.8 Å². The molecule has 2 unspecified atom stereocenters. The van der Waals surface area contributed by atoms with Crippen molar-refractivity contribution in [2.24, 2.45) is 5.92 Å². The highest BCUT2D eigenvalue weighted by Gasteiger charge is 2.54. The van der Waals surface area contributed by atoms with Gasteiger partial charge in [-0.3, -0.25) is 9.69 Å². The standard InChI is InChI=1S/C19H27N3O3/c1-14-6-4-5-11-19(14)17(23)22(18(24)20-19)13-21(2)12-15-7-9-16(25-3)10-8-15/h7-10,14H,4-6,11-13H2,1-3H3,(H,20,24). The fourth-order valence-electron chi connectivity index (χ4n) is 3.96. The van der Waals surface area contributed by atoms with E-state index < -0.39 is 5.54 Å². The SMILES string of the molecule is COc1ccc(CN(C)CN2C(=O)NC3(CCCCC3C)C2=O)cc1. The van der Waals surface area contributed by atoms with Crippen LogP contribution in [-0.4, -0.2) is 48.1 Å². The van der Waals surface area contributed by atoms with E-state index in [4.69, 9.17) is 4.74 Å². The summed E-state index contributed by atoms with van der Waals surface area (Å²) in [5, 5.41) is 3.00. The molecular weight excluding hydrogens is 318 g/mol. The average molecular weight is 345 g/mol. The van der Waals surface area contributed by atoms with Crippen LogP contribution in [0, 0.1) is 5.92 Å². The van der Waals surface area contributed by atoms with E-state index in [0.717, 1.165) is 37.0 Å². The molecule has 2 atom stereocenters. The van der Waals surface area contributed by atoms with Crippen molar-refractivity contribution < 1.29 is 14.3 Å². The van der Waals surface area contributed by atoms with E-state index in [1.807, 2.05) is 36.2 Å². The van der Waals surface area contributed by atoms with Gasteiger partial charge in [0.25, 0.3) is 5.91 Å². The van der Waals surface area contributed by atoms with Crippen molar-refractivity contribution in [3.63, 3.8) is 0 Å². The minimum atomic E-state index is -0.684. The molecule has 6 nitrogen and oxygen atoms in total. The predicted octanol–water partition coefficient (Wildman–Crippen LogP) is 2.59. The lowest BCUT2D eigenvalue weighted by Crippen LogP contribution is -2.54. The number of hydrogen-bond acceptors (Lipinski definition) is 4. The Morgan fingerprint density at radius 3 is 2.64 bits per heavy atom. The highest BCUT2D eigenvalue weighted by molar-refractivity contribution is 6.07. The number of imide groups is 1. The molecule has 2 fully saturated rings. The summed E-state index contributed by atoms with van der Waals surface area (Å²) in [6.07, 6.45) is 3.86. The lowest BCUT2D eigenvalue weighted by atomic mass is 9.73. The van der Waals surface area contributed by atoms with Crippen LogP contribution in [0.1, 0.15) is 38.2 Å². The van der Waals surface area contributed by atoms with Crippen LogP contribution in [0.5, 0.6) is 5.75 Å². The van der Waals surface area contributed by atoms with Gasteiger partial charge in [-0.05, 0) is 43.5 Å². The van der Waals surface area contributed by atoms with Crippen molar-refractivity contribution in [1.29, 1.82) is 0 Å². The van der Waals surface area contributed by atoms with Crippen LogP contribution < -0.4 is 10.1 Å². The van der Waals surface area contributed by atoms with Gasteiger partial charge in [0.1, 0.15) is 11.3 Å². The number of amides is 3. The molecule has 1 aromatic carbocycles. The Balaban J connectivity index is 1.65. The maximum atomic E-state index is 13.0. The van der Waals surface area contributed by atoms with Gasteiger partial charge in [-0.2, -0.15) is 0 Å². The molecule has 1 aromatic rings. The number of nitrogens with one attached hydrogen (secondary N) is 1. The second kappa shape index (κ2) is 7.04. The van der Waals surface area contributed by atoms with E-state index in [9.17, 15) is 9.59 Å². The Labute approximate surface area is 149 Å². The molecule has 0 aromatic heterocycles. The summed E-state index contributed by atoms with van der Waals surface area (Å²) in [4.78, 5) is 28.7. The van der Waals surface area contributed by atoms with Gasteiger partial charge in [0.15, 0.2) is 0 Å². The molecule has 1 saturated carbocycles. The van der Waals surface area contributed by atoms with Gasteiger partial charge < -0.3 is 10.1 Å². The summed E-state index contributed by atoms with van der Waals surface area (Å²) < 4.78 is 5.16. The molecule has 0 bridgehead atoms. The molecule has 136 valence electrons. The molecule has 6 heteroatoms. The van der Waals surface area contributed by atoms with Crippen LogP contribution in [0.3, 0.4) is 0 Å².